The summed E-state index contributed by atoms with van der Waals surface area (Å²) in [5.74, 6) is 0.281. The summed E-state index contributed by atoms with van der Waals surface area (Å²) in [7, 11) is 1.58. The van der Waals surface area contributed by atoms with Gasteiger partial charge in [0.05, 0.1) is 13.2 Å². The van der Waals surface area contributed by atoms with Crippen molar-refractivity contribution in [2.24, 2.45) is 0 Å². The van der Waals surface area contributed by atoms with Crippen LogP contribution in [0.25, 0.3) is 0 Å². The molecule has 2 aromatic carbocycles. The first kappa shape index (κ1) is 15.3. The Hall–Kier alpha value is -2.06. The van der Waals surface area contributed by atoms with Crippen LogP contribution >= 0.6 is 15.9 Å². The SMILES string of the molecule is COc1ccc(NC(C)(C#N)c2ccc(Br)cc2F)cc1. The number of nitrogens with one attached hydrogen (secondary N) is 1. The Bertz CT molecular complexity index is 682. The molecule has 108 valence electrons. The molecule has 0 aromatic heterocycles. The predicted octanol–water partition coefficient (Wildman–Crippen LogP) is 4.45. The van der Waals surface area contributed by atoms with Crippen LogP contribution in [0, 0.1) is 17.1 Å². The Kier molecular flexibility index (Phi) is 4.49. The predicted molar refractivity (Wildman–Crippen MR) is 83.7 cm³/mol. The zero-order valence-corrected chi connectivity index (χ0v) is 13.2. The number of anilines is 1. The van der Waals surface area contributed by atoms with Gasteiger partial charge >= 0.3 is 0 Å². The molecule has 0 aliphatic rings. The van der Waals surface area contributed by atoms with Gasteiger partial charge in [0.15, 0.2) is 5.54 Å². The van der Waals surface area contributed by atoms with Gasteiger partial charge in [0.1, 0.15) is 11.6 Å². The number of hydrogen-bond acceptors (Lipinski definition) is 3. The normalized spacial score (nSPS) is 13.1. The highest BCUT2D eigenvalue weighted by Gasteiger charge is 2.29. The Morgan fingerprint density at radius 2 is 1.90 bits per heavy atom. The summed E-state index contributed by atoms with van der Waals surface area (Å²) < 4.78 is 19.8. The molecule has 2 rings (SSSR count). The van der Waals surface area contributed by atoms with Crippen LogP contribution in [-0.2, 0) is 5.54 Å². The van der Waals surface area contributed by atoms with Crippen molar-refractivity contribution in [3.8, 4) is 11.8 Å². The van der Waals surface area contributed by atoms with E-state index in [2.05, 4.69) is 27.3 Å². The zero-order valence-electron chi connectivity index (χ0n) is 11.7. The topological polar surface area (TPSA) is 45.0 Å². The van der Waals surface area contributed by atoms with Crippen LogP contribution < -0.4 is 10.1 Å². The molecule has 3 nitrogen and oxygen atoms in total. The lowest BCUT2D eigenvalue weighted by Crippen LogP contribution is -2.31. The minimum Gasteiger partial charge on any atom is -0.497 e. The maximum Gasteiger partial charge on any atom is 0.151 e. The van der Waals surface area contributed by atoms with Gasteiger partial charge in [-0.1, -0.05) is 22.0 Å². The molecule has 0 spiro atoms. The second-order valence-corrected chi connectivity index (χ2v) is 5.63. The number of benzene rings is 2. The van der Waals surface area contributed by atoms with Gasteiger partial charge in [-0.25, -0.2) is 4.39 Å². The fourth-order valence-corrected chi connectivity index (χ4v) is 2.35. The highest BCUT2D eigenvalue weighted by atomic mass is 79.9. The number of nitrogens with zero attached hydrogens (tertiary/aromatic N) is 1. The van der Waals surface area contributed by atoms with Gasteiger partial charge in [-0.2, -0.15) is 5.26 Å². The minimum absolute atomic E-state index is 0.295. The second-order valence-electron chi connectivity index (χ2n) is 4.71. The third-order valence-electron chi connectivity index (χ3n) is 3.18. The monoisotopic (exact) mass is 348 g/mol. The molecule has 0 heterocycles. The lowest BCUT2D eigenvalue weighted by molar-refractivity contribution is 0.415. The zero-order chi connectivity index (χ0) is 15.5. The largest absolute Gasteiger partial charge is 0.497 e. The number of methoxy groups -OCH3 is 1. The maximum atomic E-state index is 14.1. The van der Waals surface area contributed by atoms with Crippen molar-refractivity contribution in [3.05, 3.63) is 58.3 Å². The fourth-order valence-electron chi connectivity index (χ4n) is 2.01. The Labute approximate surface area is 131 Å². The van der Waals surface area contributed by atoms with Crippen LogP contribution in [-0.4, -0.2) is 7.11 Å². The van der Waals surface area contributed by atoms with E-state index in [1.54, 1.807) is 50.4 Å². The van der Waals surface area contributed by atoms with Gasteiger partial charge < -0.3 is 10.1 Å². The van der Waals surface area contributed by atoms with E-state index in [0.717, 1.165) is 0 Å². The van der Waals surface area contributed by atoms with Crippen LogP contribution in [0.1, 0.15) is 12.5 Å². The lowest BCUT2D eigenvalue weighted by atomic mass is 9.92. The van der Waals surface area contributed by atoms with Crippen molar-refractivity contribution in [1.29, 1.82) is 5.26 Å². The van der Waals surface area contributed by atoms with Gasteiger partial charge in [0.25, 0.3) is 0 Å². The molecule has 1 atom stereocenters. The quantitative estimate of drug-likeness (QED) is 0.887. The van der Waals surface area contributed by atoms with Crippen LogP contribution in [0.5, 0.6) is 5.75 Å². The van der Waals surface area contributed by atoms with E-state index in [0.29, 0.717) is 21.5 Å². The van der Waals surface area contributed by atoms with Crippen molar-refractivity contribution in [2.45, 2.75) is 12.5 Å². The maximum absolute atomic E-state index is 14.1. The molecule has 0 saturated carbocycles. The third kappa shape index (κ3) is 3.34. The highest BCUT2D eigenvalue weighted by molar-refractivity contribution is 9.10. The summed E-state index contributed by atoms with van der Waals surface area (Å²) in [6.45, 7) is 1.64. The summed E-state index contributed by atoms with van der Waals surface area (Å²) in [6, 6.07) is 13.9. The van der Waals surface area contributed by atoms with Crippen molar-refractivity contribution >= 4 is 21.6 Å². The summed E-state index contributed by atoms with van der Waals surface area (Å²) in [4.78, 5) is 0. The van der Waals surface area contributed by atoms with Crippen LogP contribution in [0.3, 0.4) is 0 Å². The fraction of sp³-hybridized carbons (Fsp3) is 0.188. The van der Waals surface area contributed by atoms with Crippen molar-refractivity contribution in [3.63, 3.8) is 0 Å². The molecule has 0 saturated heterocycles. The van der Waals surface area contributed by atoms with E-state index < -0.39 is 11.4 Å². The molecule has 0 bridgehead atoms. The molecule has 0 fully saturated rings. The second kappa shape index (κ2) is 6.15. The average molecular weight is 349 g/mol. The van der Waals surface area contributed by atoms with E-state index in [1.165, 1.54) is 6.07 Å². The van der Waals surface area contributed by atoms with E-state index in [1.807, 2.05) is 0 Å². The summed E-state index contributed by atoms with van der Waals surface area (Å²) in [5.41, 5.74) is -0.162. The molecule has 1 unspecified atom stereocenters. The van der Waals surface area contributed by atoms with Crippen molar-refractivity contribution in [1.82, 2.24) is 0 Å². The van der Waals surface area contributed by atoms with E-state index in [9.17, 15) is 9.65 Å². The molecule has 21 heavy (non-hydrogen) atoms. The first-order valence-corrected chi connectivity index (χ1v) is 7.07. The molecule has 0 aliphatic carbocycles. The average Bonchev–Trinajstić information content (AvgIpc) is 2.47. The molecular weight excluding hydrogens is 335 g/mol. The van der Waals surface area contributed by atoms with Crippen LogP contribution in [0.4, 0.5) is 10.1 Å². The summed E-state index contributed by atoms with van der Waals surface area (Å²) >= 11 is 3.21. The number of nitriles is 1. The van der Waals surface area contributed by atoms with E-state index in [4.69, 9.17) is 4.74 Å². The third-order valence-corrected chi connectivity index (χ3v) is 3.67. The Balaban J connectivity index is 2.34. The van der Waals surface area contributed by atoms with Crippen molar-refractivity contribution in [2.75, 3.05) is 12.4 Å². The number of halogens is 2. The standard InChI is InChI=1S/C16H14BrFN2O/c1-16(10-19,14-8-3-11(17)9-15(14)18)20-12-4-6-13(21-2)7-5-12/h3-9,20H,1-2H3. The molecule has 0 amide bonds. The first-order valence-electron chi connectivity index (χ1n) is 6.27. The minimum atomic E-state index is -1.17. The van der Waals surface area contributed by atoms with Gasteiger partial charge in [0.2, 0.25) is 0 Å². The van der Waals surface area contributed by atoms with Crippen molar-refractivity contribution < 1.29 is 9.13 Å². The Morgan fingerprint density at radius 3 is 2.43 bits per heavy atom. The van der Waals surface area contributed by atoms with Gasteiger partial charge in [-0.15, -0.1) is 0 Å². The first-order chi connectivity index (χ1) is 9.98. The summed E-state index contributed by atoms with van der Waals surface area (Å²) in [5, 5.41) is 12.5. The lowest BCUT2D eigenvalue weighted by Gasteiger charge is -2.25. The molecule has 2 aromatic rings. The molecule has 5 heteroatoms. The number of ether oxygens (including phenoxy) is 1. The van der Waals surface area contributed by atoms with E-state index in [-0.39, 0.29) is 0 Å². The molecule has 1 N–H and O–H groups in total. The molecule has 0 aliphatic heterocycles. The summed E-state index contributed by atoms with van der Waals surface area (Å²) in [6.07, 6.45) is 0. The molecular formula is C16H14BrFN2O. The molecule has 0 radical (unpaired) electrons. The van der Waals surface area contributed by atoms with Crippen LogP contribution in [0.2, 0.25) is 0 Å². The van der Waals surface area contributed by atoms with Gasteiger partial charge in [-0.05, 0) is 43.3 Å². The van der Waals surface area contributed by atoms with Crippen LogP contribution in [0.15, 0.2) is 46.9 Å². The Morgan fingerprint density at radius 1 is 1.24 bits per heavy atom. The van der Waals surface area contributed by atoms with Gasteiger partial charge in [0, 0.05) is 15.7 Å². The smallest absolute Gasteiger partial charge is 0.151 e. The van der Waals surface area contributed by atoms with E-state index >= 15 is 0 Å². The number of rotatable bonds is 4. The number of hydrogen-bond donors (Lipinski definition) is 1. The highest BCUT2D eigenvalue weighted by Crippen LogP contribution is 2.30. The van der Waals surface area contributed by atoms with Gasteiger partial charge in [-0.3, -0.25) is 0 Å².